The second-order valence-electron chi connectivity index (χ2n) is 5.29. The van der Waals surface area contributed by atoms with E-state index in [0.29, 0.717) is 11.3 Å². The lowest BCUT2D eigenvalue weighted by molar-refractivity contribution is 0.151. The van der Waals surface area contributed by atoms with Crippen molar-refractivity contribution in [3.05, 3.63) is 29.8 Å². The highest BCUT2D eigenvalue weighted by Crippen LogP contribution is 2.38. The molecule has 0 heterocycles. The fourth-order valence-electron chi connectivity index (χ4n) is 2.07. The Balaban J connectivity index is 1.80. The van der Waals surface area contributed by atoms with Crippen LogP contribution in [0.25, 0.3) is 0 Å². The molecular formula is C13H16O3S. The molecule has 1 aromatic rings. The molecule has 0 aliphatic heterocycles. The average Bonchev–Trinajstić information content (AvgIpc) is 3.14. The van der Waals surface area contributed by atoms with Gasteiger partial charge >= 0.3 is 0 Å². The molecule has 0 saturated heterocycles. The Labute approximate surface area is 101 Å². The molecule has 3 nitrogen and oxygen atoms in total. The van der Waals surface area contributed by atoms with E-state index < -0.39 is 15.4 Å². The molecule has 92 valence electrons. The van der Waals surface area contributed by atoms with Gasteiger partial charge in [-0.25, -0.2) is 8.42 Å². The lowest BCUT2D eigenvalue weighted by Crippen LogP contribution is -2.11. The van der Waals surface area contributed by atoms with Crippen molar-refractivity contribution >= 4 is 9.84 Å². The topological polar surface area (TPSA) is 54.4 Å². The van der Waals surface area contributed by atoms with E-state index in [0.717, 1.165) is 31.2 Å². The standard InChI is InChI=1S/C13H16O3S/c14-13(7-8-13)9-10-1-3-11(4-2-10)17(15,16)12-5-6-12/h1-4,12,14H,5-9H2. The van der Waals surface area contributed by atoms with Gasteiger partial charge in [-0.3, -0.25) is 0 Å². The number of hydrogen-bond acceptors (Lipinski definition) is 3. The van der Waals surface area contributed by atoms with Crippen LogP contribution >= 0.6 is 0 Å². The molecule has 17 heavy (non-hydrogen) atoms. The largest absolute Gasteiger partial charge is 0.390 e. The molecule has 2 aliphatic carbocycles. The fraction of sp³-hybridized carbons (Fsp3) is 0.538. The fourth-order valence-corrected chi connectivity index (χ4v) is 3.73. The van der Waals surface area contributed by atoms with E-state index >= 15 is 0 Å². The molecule has 2 saturated carbocycles. The van der Waals surface area contributed by atoms with E-state index in [4.69, 9.17) is 0 Å². The summed E-state index contributed by atoms with van der Waals surface area (Å²) in [7, 11) is -3.07. The monoisotopic (exact) mass is 252 g/mol. The summed E-state index contributed by atoms with van der Waals surface area (Å²) in [6.45, 7) is 0. The molecule has 0 amide bonds. The number of sulfone groups is 1. The van der Waals surface area contributed by atoms with E-state index in [-0.39, 0.29) is 5.25 Å². The molecule has 0 radical (unpaired) electrons. The van der Waals surface area contributed by atoms with Crippen molar-refractivity contribution in [3.63, 3.8) is 0 Å². The molecule has 2 aliphatic rings. The minimum atomic E-state index is -3.07. The van der Waals surface area contributed by atoms with Gasteiger partial charge in [-0.15, -0.1) is 0 Å². The van der Waals surface area contributed by atoms with Gasteiger partial charge in [0.2, 0.25) is 0 Å². The highest BCUT2D eigenvalue weighted by molar-refractivity contribution is 7.92. The van der Waals surface area contributed by atoms with E-state index in [1.54, 1.807) is 12.1 Å². The summed E-state index contributed by atoms with van der Waals surface area (Å²) in [6.07, 6.45) is 3.94. The summed E-state index contributed by atoms with van der Waals surface area (Å²) in [6, 6.07) is 7.00. The van der Waals surface area contributed by atoms with Crippen molar-refractivity contribution in [1.82, 2.24) is 0 Å². The van der Waals surface area contributed by atoms with Crippen LogP contribution in [0.3, 0.4) is 0 Å². The quantitative estimate of drug-likeness (QED) is 0.887. The van der Waals surface area contributed by atoms with Crippen LogP contribution in [0.5, 0.6) is 0 Å². The summed E-state index contributed by atoms with van der Waals surface area (Å²) in [4.78, 5) is 0.423. The third kappa shape index (κ3) is 2.24. The Hall–Kier alpha value is -0.870. The zero-order chi connectivity index (χ0) is 12.1. The molecule has 2 fully saturated rings. The van der Waals surface area contributed by atoms with E-state index in [9.17, 15) is 13.5 Å². The Morgan fingerprint density at radius 3 is 2.24 bits per heavy atom. The molecule has 0 atom stereocenters. The zero-order valence-corrected chi connectivity index (χ0v) is 10.4. The lowest BCUT2D eigenvalue weighted by Gasteiger charge is -2.08. The van der Waals surface area contributed by atoms with Crippen LogP contribution < -0.4 is 0 Å². The van der Waals surface area contributed by atoms with Gasteiger partial charge in [0.15, 0.2) is 9.84 Å². The van der Waals surface area contributed by atoms with Crippen LogP contribution in [0.15, 0.2) is 29.2 Å². The maximum absolute atomic E-state index is 12.0. The summed E-state index contributed by atoms with van der Waals surface area (Å²) < 4.78 is 23.9. The molecule has 1 N–H and O–H groups in total. The van der Waals surface area contributed by atoms with E-state index in [2.05, 4.69) is 0 Å². The lowest BCUT2D eigenvalue weighted by atomic mass is 10.1. The summed E-state index contributed by atoms with van der Waals surface area (Å²) in [5.41, 5.74) is 0.497. The highest BCUT2D eigenvalue weighted by Gasteiger charge is 2.40. The number of hydrogen-bond donors (Lipinski definition) is 1. The van der Waals surface area contributed by atoms with Gasteiger partial charge < -0.3 is 5.11 Å². The van der Waals surface area contributed by atoms with Gasteiger partial charge in [0, 0.05) is 6.42 Å². The molecule has 0 bridgehead atoms. The Morgan fingerprint density at radius 1 is 1.18 bits per heavy atom. The first kappa shape index (κ1) is 11.2. The zero-order valence-electron chi connectivity index (χ0n) is 9.59. The first-order valence-corrected chi connectivity index (χ1v) is 7.60. The highest BCUT2D eigenvalue weighted by atomic mass is 32.2. The minimum Gasteiger partial charge on any atom is -0.390 e. The van der Waals surface area contributed by atoms with Gasteiger partial charge in [-0.2, -0.15) is 0 Å². The van der Waals surface area contributed by atoms with Crippen LogP contribution in [0.4, 0.5) is 0 Å². The Morgan fingerprint density at radius 2 is 1.76 bits per heavy atom. The molecular weight excluding hydrogens is 236 g/mol. The van der Waals surface area contributed by atoms with Crippen molar-refractivity contribution in [2.45, 2.75) is 47.9 Å². The van der Waals surface area contributed by atoms with E-state index in [1.807, 2.05) is 12.1 Å². The summed E-state index contributed by atoms with van der Waals surface area (Å²) in [5, 5.41) is 9.64. The van der Waals surface area contributed by atoms with Crippen molar-refractivity contribution in [2.24, 2.45) is 0 Å². The maximum Gasteiger partial charge on any atom is 0.181 e. The first-order chi connectivity index (χ1) is 8.00. The van der Waals surface area contributed by atoms with Crippen molar-refractivity contribution < 1.29 is 13.5 Å². The Kier molecular flexibility index (Phi) is 2.35. The second kappa shape index (κ2) is 3.56. The summed E-state index contributed by atoms with van der Waals surface area (Å²) in [5.74, 6) is 0. The van der Waals surface area contributed by atoms with Crippen LogP contribution in [0, 0.1) is 0 Å². The van der Waals surface area contributed by atoms with Crippen molar-refractivity contribution in [3.8, 4) is 0 Å². The number of aliphatic hydroxyl groups is 1. The molecule has 4 heteroatoms. The molecule has 3 rings (SSSR count). The minimum absolute atomic E-state index is 0.152. The third-order valence-electron chi connectivity index (χ3n) is 3.58. The third-order valence-corrected chi connectivity index (χ3v) is 5.85. The van der Waals surface area contributed by atoms with Crippen molar-refractivity contribution in [2.75, 3.05) is 0 Å². The van der Waals surface area contributed by atoms with Crippen LogP contribution in [-0.2, 0) is 16.3 Å². The second-order valence-corrected chi connectivity index (χ2v) is 7.52. The molecule has 0 unspecified atom stereocenters. The van der Waals surface area contributed by atoms with E-state index in [1.165, 1.54) is 0 Å². The maximum atomic E-state index is 12.0. The SMILES string of the molecule is O=S(=O)(c1ccc(CC2(O)CC2)cc1)C1CC1. The van der Waals surface area contributed by atoms with Gasteiger partial charge in [-0.1, -0.05) is 12.1 Å². The molecule has 1 aromatic carbocycles. The van der Waals surface area contributed by atoms with Gasteiger partial charge in [0.25, 0.3) is 0 Å². The van der Waals surface area contributed by atoms with Gasteiger partial charge in [0.1, 0.15) is 0 Å². The first-order valence-electron chi connectivity index (χ1n) is 6.05. The average molecular weight is 252 g/mol. The summed E-state index contributed by atoms with van der Waals surface area (Å²) >= 11 is 0. The molecule has 0 aromatic heterocycles. The normalized spacial score (nSPS) is 22.4. The number of rotatable bonds is 4. The van der Waals surface area contributed by atoms with Gasteiger partial charge in [0.05, 0.1) is 15.7 Å². The smallest absolute Gasteiger partial charge is 0.181 e. The van der Waals surface area contributed by atoms with Crippen LogP contribution in [-0.4, -0.2) is 24.4 Å². The van der Waals surface area contributed by atoms with Gasteiger partial charge in [-0.05, 0) is 43.4 Å². The van der Waals surface area contributed by atoms with Crippen molar-refractivity contribution in [1.29, 1.82) is 0 Å². The molecule has 0 spiro atoms. The predicted molar refractivity (Wildman–Crippen MR) is 64.5 cm³/mol. The Bertz CT molecular complexity index is 522. The van der Waals surface area contributed by atoms with Crippen LogP contribution in [0.1, 0.15) is 31.2 Å². The van der Waals surface area contributed by atoms with Crippen LogP contribution in [0.2, 0.25) is 0 Å². The number of benzene rings is 1. The predicted octanol–water partition coefficient (Wildman–Crippen LogP) is 1.69.